The first-order chi connectivity index (χ1) is 6.67. The quantitative estimate of drug-likeness (QED) is 0.709. The van der Waals surface area contributed by atoms with Crippen LogP contribution in [0.25, 0.3) is 0 Å². The van der Waals surface area contributed by atoms with Crippen molar-refractivity contribution >= 4 is 5.97 Å². The fraction of sp³-hybridized carbons (Fsp3) is 0.917. The van der Waals surface area contributed by atoms with E-state index in [1.807, 2.05) is 6.92 Å². The van der Waals surface area contributed by atoms with E-state index in [-0.39, 0.29) is 0 Å². The standard InChI is InChI=1S/C12H22O2/c1-3-5-9-12(4-2,11(13)14)10-7-6-8-10/h10H,3-9H2,1-2H3,(H,13,14). The van der Waals surface area contributed by atoms with Crippen molar-refractivity contribution in [2.45, 2.75) is 58.8 Å². The Kier molecular flexibility index (Phi) is 3.97. The maximum absolute atomic E-state index is 11.4. The molecule has 2 heteroatoms. The van der Waals surface area contributed by atoms with Gasteiger partial charge in [-0.15, -0.1) is 0 Å². The third kappa shape index (κ3) is 1.94. The monoisotopic (exact) mass is 198 g/mol. The molecule has 1 unspecified atom stereocenters. The number of carbonyl (C=O) groups is 1. The largest absolute Gasteiger partial charge is 0.481 e. The van der Waals surface area contributed by atoms with Crippen molar-refractivity contribution in [3.63, 3.8) is 0 Å². The highest BCUT2D eigenvalue weighted by Gasteiger charge is 2.45. The smallest absolute Gasteiger partial charge is 0.309 e. The van der Waals surface area contributed by atoms with Gasteiger partial charge in [0.25, 0.3) is 0 Å². The van der Waals surface area contributed by atoms with Crippen LogP contribution in [0.3, 0.4) is 0 Å². The average Bonchev–Trinajstić information content (AvgIpc) is 2.08. The fourth-order valence-electron chi connectivity index (χ4n) is 2.56. The molecular formula is C12H22O2. The summed E-state index contributed by atoms with van der Waals surface area (Å²) in [7, 11) is 0. The molecule has 1 aliphatic carbocycles. The lowest BCUT2D eigenvalue weighted by Crippen LogP contribution is -2.41. The van der Waals surface area contributed by atoms with Crippen molar-refractivity contribution in [2.24, 2.45) is 11.3 Å². The van der Waals surface area contributed by atoms with Gasteiger partial charge in [-0.2, -0.15) is 0 Å². The van der Waals surface area contributed by atoms with Crippen molar-refractivity contribution in [1.29, 1.82) is 0 Å². The molecule has 0 aromatic heterocycles. The normalized spacial score (nSPS) is 21.3. The van der Waals surface area contributed by atoms with E-state index < -0.39 is 11.4 Å². The zero-order valence-corrected chi connectivity index (χ0v) is 9.38. The van der Waals surface area contributed by atoms with Gasteiger partial charge in [-0.25, -0.2) is 0 Å². The fourth-order valence-corrected chi connectivity index (χ4v) is 2.56. The van der Waals surface area contributed by atoms with Crippen LogP contribution in [-0.4, -0.2) is 11.1 Å². The number of hydrogen-bond acceptors (Lipinski definition) is 1. The van der Waals surface area contributed by atoms with E-state index in [1.165, 1.54) is 6.42 Å². The predicted molar refractivity (Wildman–Crippen MR) is 57.2 cm³/mol. The lowest BCUT2D eigenvalue weighted by atomic mass is 9.62. The van der Waals surface area contributed by atoms with Gasteiger partial charge in [0.2, 0.25) is 0 Å². The summed E-state index contributed by atoms with van der Waals surface area (Å²) in [6.07, 6.45) is 7.31. The minimum Gasteiger partial charge on any atom is -0.481 e. The highest BCUT2D eigenvalue weighted by molar-refractivity contribution is 5.75. The summed E-state index contributed by atoms with van der Waals surface area (Å²) in [5, 5.41) is 9.39. The first-order valence-electron chi connectivity index (χ1n) is 5.90. The molecule has 0 heterocycles. The first kappa shape index (κ1) is 11.5. The molecule has 0 aromatic rings. The minimum atomic E-state index is -0.557. The van der Waals surface area contributed by atoms with Gasteiger partial charge in [-0.05, 0) is 31.6 Å². The summed E-state index contributed by atoms with van der Waals surface area (Å²) >= 11 is 0. The molecule has 0 bridgehead atoms. The molecule has 0 spiro atoms. The predicted octanol–water partition coefficient (Wildman–Crippen LogP) is 3.46. The van der Waals surface area contributed by atoms with E-state index in [9.17, 15) is 9.90 Å². The topological polar surface area (TPSA) is 37.3 Å². The van der Waals surface area contributed by atoms with Gasteiger partial charge in [-0.3, -0.25) is 4.79 Å². The van der Waals surface area contributed by atoms with Crippen LogP contribution in [0.1, 0.15) is 58.8 Å². The van der Waals surface area contributed by atoms with Gasteiger partial charge in [-0.1, -0.05) is 33.1 Å². The van der Waals surface area contributed by atoms with Crippen molar-refractivity contribution in [3.8, 4) is 0 Å². The van der Waals surface area contributed by atoms with Gasteiger partial charge in [0, 0.05) is 0 Å². The second-order valence-electron chi connectivity index (χ2n) is 4.55. The molecule has 82 valence electrons. The molecule has 2 nitrogen and oxygen atoms in total. The number of unbranched alkanes of at least 4 members (excludes halogenated alkanes) is 1. The van der Waals surface area contributed by atoms with Crippen LogP contribution in [-0.2, 0) is 4.79 Å². The zero-order valence-electron chi connectivity index (χ0n) is 9.38. The van der Waals surface area contributed by atoms with Crippen molar-refractivity contribution in [1.82, 2.24) is 0 Å². The molecule has 0 aliphatic heterocycles. The first-order valence-corrected chi connectivity index (χ1v) is 5.90. The number of carboxylic acids is 1. The molecule has 1 rings (SSSR count). The number of aliphatic carboxylic acids is 1. The highest BCUT2D eigenvalue weighted by Crippen LogP contribution is 2.47. The van der Waals surface area contributed by atoms with Gasteiger partial charge >= 0.3 is 5.97 Å². The van der Waals surface area contributed by atoms with Gasteiger partial charge in [0.15, 0.2) is 0 Å². The molecule has 1 aliphatic rings. The summed E-state index contributed by atoms with van der Waals surface area (Å²) in [6, 6.07) is 0. The van der Waals surface area contributed by atoms with Crippen LogP contribution < -0.4 is 0 Å². The summed E-state index contributed by atoms with van der Waals surface area (Å²) in [5.41, 5.74) is -0.395. The molecule has 0 saturated heterocycles. The van der Waals surface area contributed by atoms with Crippen molar-refractivity contribution < 1.29 is 9.90 Å². The van der Waals surface area contributed by atoms with Crippen LogP contribution in [0, 0.1) is 11.3 Å². The van der Waals surface area contributed by atoms with E-state index in [0.717, 1.165) is 38.5 Å². The van der Waals surface area contributed by atoms with Crippen LogP contribution >= 0.6 is 0 Å². The molecule has 14 heavy (non-hydrogen) atoms. The van der Waals surface area contributed by atoms with E-state index in [2.05, 4.69) is 6.92 Å². The van der Waals surface area contributed by atoms with Crippen LogP contribution in [0.2, 0.25) is 0 Å². The number of hydrogen-bond donors (Lipinski definition) is 1. The third-order valence-electron chi connectivity index (χ3n) is 3.92. The Morgan fingerprint density at radius 1 is 1.43 bits per heavy atom. The molecule has 0 radical (unpaired) electrons. The van der Waals surface area contributed by atoms with Gasteiger partial charge in [0.05, 0.1) is 5.41 Å². The Morgan fingerprint density at radius 3 is 2.36 bits per heavy atom. The molecule has 1 N–H and O–H groups in total. The third-order valence-corrected chi connectivity index (χ3v) is 3.92. The average molecular weight is 198 g/mol. The van der Waals surface area contributed by atoms with E-state index in [0.29, 0.717) is 5.92 Å². The highest BCUT2D eigenvalue weighted by atomic mass is 16.4. The van der Waals surface area contributed by atoms with Crippen molar-refractivity contribution in [2.75, 3.05) is 0 Å². The number of carboxylic acid groups (broad SMARTS) is 1. The Balaban J connectivity index is 2.68. The molecular weight excluding hydrogens is 176 g/mol. The molecule has 1 atom stereocenters. The second-order valence-corrected chi connectivity index (χ2v) is 4.55. The lowest BCUT2D eigenvalue weighted by Gasteiger charge is -2.42. The van der Waals surface area contributed by atoms with Crippen molar-refractivity contribution in [3.05, 3.63) is 0 Å². The van der Waals surface area contributed by atoms with E-state index in [4.69, 9.17) is 0 Å². The lowest BCUT2D eigenvalue weighted by molar-refractivity contribution is -0.156. The Bertz CT molecular complexity index is 196. The summed E-state index contributed by atoms with van der Waals surface area (Å²) < 4.78 is 0. The van der Waals surface area contributed by atoms with Gasteiger partial charge < -0.3 is 5.11 Å². The van der Waals surface area contributed by atoms with Gasteiger partial charge in [0.1, 0.15) is 0 Å². The number of rotatable bonds is 6. The Morgan fingerprint density at radius 2 is 2.07 bits per heavy atom. The molecule has 0 amide bonds. The van der Waals surface area contributed by atoms with Crippen LogP contribution in [0.4, 0.5) is 0 Å². The molecule has 1 saturated carbocycles. The van der Waals surface area contributed by atoms with E-state index in [1.54, 1.807) is 0 Å². The van der Waals surface area contributed by atoms with Crippen LogP contribution in [0.5, 0.6) is 0 Å². The Hall–Kier alpha value is -0.530. The SMILES string of the molecule is CCCCC(CC)(C(=O)O)C1CCC1. The Labute approximate surface area is 86.7 Å². The molecule has 0 aromatic carbocycles. The zero-order chi connectivity index (χ0) is 10.6. The molecule has 1 fully saturated rings. The van der Waals surface area contributed by atoms with Crippen LogP contribution in [0.15, 0.2) is 0 Å². The summed E-state index contributed by atoms with van der Waals surface area (Å²) in [4.78, 5) is 11.4. The minimum absolute atomic E-state index is 0.395. The second kappa shape index (κ2) is 4.81. The summed E-state index contributed by atoms with van der Waals surface area (Å²) in [5.74, 6) is -0.102. The maximum Gasteiger partial charge on any atom is 0.309 e. The van der Waals surface area contributed by atoms with E-state index >= 15 is 0 Å². The summed E-state index contributed by atoms with van der Waals surface area (Å²) in [6.45, 7) is 4.16. The maximum atomic E-state index is 11.4.